The average Bonchev–Trinajstić information content (AvgIpc) is 3.71. The van der Waals surface area contributed by atoms with Crippen molar-refractivity contribution in [2.24, 2.45) is 5.10 Å². The minimum absolute atomic E-state index is 0.0624. The molecule has 2 aliphatic rings. The number of hydrogen-bond acceptors (Lipinski definition) is 8. The van der Waals surface area contributed by atoms with Crippen LogP contribution in [0.25, 0.3) is 11.4 Å². The lowest BCUT2D eigenvalue weighted by molar-refractivity contribution is -0.135. The van der Waals surface area contributed by atoms with Crippen LogP contribution in [0.2, 0.25) is 0 Å². The van der Waals surface area contributed by atoms with E-state index in [4.69, 9.17) is 14.0 Å². The van der Waals surface area contributed by atoms with Gasteiger partial charge in [-0.25, -0.2) is 5.01 Å². The first-order valence-corrected chi connectivity index (χ1v) is 12.7. The molecule has 3 aromatic heterocycles. The summed E-state index contributed by atoms with van der Waals surface area (Å²) in [5.74, 6) is 1.81. The van der Waals surface area contributed by atoms with Gasteiger partial charge in [-0.3, -0.25) is 9.69 Å². The lowest BCUT2D eigenvalue weighted by Gasteiger charge is -2.33. The maximum Gasteiger partial charge on any atom is 0.257 e. The first-order valence-electron chi connectivity index (χ1n) is 11.9. The number of aromatic nitrogens is 2. The second kappa shape index (κ2) is 9.59. The van der Waals surface area contributed by atoms with E-state index in [1.807, 2.05) is 60.0 Å². The van der Waals surface area contributed by atoms with Gasteiger partial charge in [0.05, 0.1) is 29.4 Å². The van der Waals surface area contributed by atoms with Gasteiger partial charge in [0.1, 0.15) is 11.8 Å². The summed E-state index contributed by atoms with van der Waals surface area (Å²) in [5, 5.41) is 12.6. The van der Waals surface area contributed by atoms with Crippen LogP contribution in [0.5, 0.6) is 0 Å². The van der Waals surface area contributed by atoms with Crippen molar-refractivity contribution in [1.82, 2.24) is 20.0 Å². The Morgan fingerprint density at radius 2 is 1.97 bits per heavy atom. The molecule has 35 heavy (non-hydrogen) atoms. The molecule has 0 saturated carbocycles. The molecule has 9 heteroatoms. The second-order valence-corrected chi connectivity index (χ2v) is 9.75. The van der Waals surface area contributed by atoms with Crippen molar-refractivity contribution in [3.8, 4) is 11.4 Å². The number of thiophene rings is 1. The highest BCUT2D eigenvalue weighted by Gasteiger charge is 2.38. The van der Waals surface area contributed by atoms with Crippen LogP contribution in [0.3, 0.4) is 0 Å². The summed E-state index contributed by atoms with van der Waals surface area (Å²) in [5.41, 5.74) is 1.82. The van der Waals surface area contributed by atoms with Gasteiger partial charge >= 0.3 is 0 Å². The third-order valence-electron chi connectivity index (χ3n) is 6.55. The zero-order chi connectivity index (χ0) is 23.6. The van der Waals surface area contributed by atoms with Gasteiger partial charge < -0.3 is 8.94 Å². The number of hydrazone groups is 1. The molecule has 2 atom stereocenters. The molecule has 5 heterocycles. The van der Waals surface area contributed by atoms with Gasteiger partial charge in [-0.2, -0.15) is 10.1 Å². The van der Waals surface area contributed by atoms with E-state index < -0.39 is 0 Å². The van der Waals surface area contributed by atoms with Gasteiger partial charge in [0.2, 0.25) is 11.7 Å². The highest BCUT2D eigenvalue weighted by molar-refractivity contribution is 7.12. The molecule has 0 radical (unpaired) electrons. The minimum atomic E-state index is -0.245. The number of hydrogen-bond donors (Lipinski definition) is 0. The van der Waals surface area contributed by atoms with E-state index in [1.165, 1.54) is 0 Å². The first kappa shape index (κ1) is 21.9. The number of nitrogens with zero attached hydrogens (tertiary/aromatic N) is 5. The lowest BCUT2D eigenvalue weighted by Crippen LogP contribution is -2.42. The number of benzene rings is 1. The number of likely N-dealkylation sites (tertiary alicyclic amines) is 1. The summed E-state index contributed by atoms with van der Waals surface area (Å²) in [4.78, 5) is 21.5. The van der Waals surface area contributed by atoms with Crippen molar-refractivity contribution >= 4 is 23.0 Å². The molecular weight excluding hydrogens is 462 g/mol. The highest BCUT2D eigenvalue weighted by Crippen LogP contribution is 2.36. The standard InChI is InChI=1S/C26H25N5O3S/c32-24(31-21(22-11-6-14-33-22)16-19(28-31)23-12-7-15-35-23)17-30-13-5-4-10-20(30)26-27-25(29-34-26)18-8-2-1-3-9-18/h1-3,6-9,11-12,14-15,20-21H,4-5,10,13,16-17H2/t20-,21+/m1/s1. The number of rotatable bonds is 6. The number of piperidine rings is 1. The smallest absolute Gasteiger partial charge is 0.257 e. The zero-order valence-electron chi connectivity index (χ0n) is 19.1. The number of furan rings is 1. The molecule has 1 aromatic carbocycles. The maximum atomic E-state index is 13.6. The molecule has 6 rings (SSSR count). The largest absolute Gasteiger partial charge is 0.467 e. The predicted octanol–water partition coefficient (Wildman–Crippen LogP) is 5.30. The van der Waals surface area contributed by atoms with Crippen LogP contribution in [-0.2, 0) is 4.79 Å². The Morgan fingerprint density at radius 3 is 2.77 bits per heavy atom. The van der Waals surface area contributed by atoms with Crippen LogP contribution in [0.1, 0.15) is 54.3 Å². The summed E-state index contributed by atoms with van der Waals surface area (Å²) in [6.07, 6.45) is 5.22. The Balaban J connectivity index is 1.23. The van der Waals surface area contributed by atoms with Crippen molar-refractivity contribution in [3.63, 3.8) is 0 Å². The molecule has 0 spiro atoms. The third-order valence-corrected chi connectivity index (χ3v) is 7.47. The SMILES string of the molecule is O=C(CN1CCCC[C@@H]1c1nc(-c2ccccc2)no1)N1N=C(c2cccs2)C[C@H]1c1ccco1. The Bertz CT molecular complexity index is 1300. The molecule has 0 bridgehead atoms. The molecule has 0 unspecified atom stereocenters. The van der Waals surface area contributed by atoms with Crippen LogP contribution in [0.4, 0.5) is 0 Å². The minimum Gasteiger partial charge on any atom is -0.467 e. The van der Waals surface area contributed by atoms with Gasteiger partial charge in [-0.15, -0.1) is 11.3 Å². The van der Waals surface area contributed by atoms with E-state index in [9.17, 15) is 4.79 Å². The fourth-order valence-corrected chi connectivity index (χ4v) is 5.54. The van der Waals surface area contributed by atoms with E-state index >= 15 is 0 Å². The Morgan fingerprint density at radius 1 is 1.06 bits per heavy atom. The van der Waals surface area contributed by atoms with E-state index in [0.717, 1.165) is 47.7 Å². The van der Waals surface area contributed by atoms with Crippen LogP contribution < -0.4 is 0 Å². The van der Waals surface area contributed by atoms with Crippen LogP contribution in [0.15, 0.2) is 80.3 Å². The third kappa shape index (κ3) is 4.44. The van der Waals surface area contributed by atoms with E-state index in [-0.39, 0.29) is 24.5 Å². The normalized spacial score (nSPS) is 20.8. The van der Waals surface area contributed by atoms with Gasteiger partial charge in [-0.05, 0) is 43.0 Å². The molecule has 8 nitrogen and oxygen atoms in total. The molecule has 1 fully saturated rings. The van der Waals surface area contributed by atoms with Crippen molar-refractivity contribution in [1.29, 1.82) is 0 Å². The van der Waals surface area contributed by atoms with Crippen molar-refractivity contribution in [2.75, 3.05) is 13.1 Å². The fraction of sp³-hybridized carbons (Fsp3) is 0.308. The van der Waals surface area contributed by atoms with Crippen molar-refractivity contribution < 1.29 is 13.7 Å². The summed E-state index contributed by atoms with van der Waals surface area (Å²) >= 11 is 1.63. The Labute approximate surface area is 206 Å². The molecule has 2 aliphatic heterocycles. The summed E-state index contributed by atoms with van der Waals surface area (Å²) in [7, 11) is 0. The molecule has 0 aliphatic carbocycles. The number of amides is 1. The van der Waals surface area contributed by atoms with Crippen LogP contribution >= 0.6 is 11.3 Å². The zero-order valence-corrected chi connectivity index (χ0v) is 19.9. The average molecular weight is 488 g/mol. The summed E-state index contributed by atoms with van der Waals surface area (Å²) in [6.45, 7) is 1.02. The van der Waals surface area contributed by atoms with Gasteiger partial charge in [0.15, 0.2) is 0 Å². The molecular formula is C26H25N5O3S. The number of carbonyl (C=O) groups excluding carboxylic acids is 1. The van der Waals surface area contributed by atoms with Crippen molar-refractivity contribution in [2.45, 2.75) is 37.8 Å². The predicted molar refractivity (Wildman–Crippen MR) is 132 cm³/mol. The quantitative estimate of drug-likeness (QED) is 0.367. The van der Waals surface area contributed by atoms with Crippen LogP contribution in [-0.4, -0.2) is 44.8 Å². The molecule has 4 aromatic rings. The molecule has 1 saturated heterocycles. The molecule has 1 amide bonds. The first-order chi connectivity index (χ1) is 17.3. The maximum absolute atomic E-state index is 13.6. The van der Waals surface area contributed by atoms with Crippen LogP contribution in [0, 0.1) is 0 Å². The topological polar surface area (TPSA) is 88.0 Å². The van der Waals surface area contributed by atoms with Gasteiger partial charge in [-0.1, -0.05) is 48.0 Å². The Hall–Kier alpha value is -3.56. The van der Waals surface area contributed by atoms with Crippen molar-refractivity contribution in [3.05, 3.63) is 82.8 Å². The second-order valence-electron chi connectivity index (χ2n) is 8.80. The molecule has 0 N–H and O–H groups in total. The monoisotopic (exact) mass is 487 g/mol. The summed E-state index contributed by atoms with van der Waals surface area (Å²) < 4.78 is 11.4. The van der Waals surface area contributed by atoms with E-state index in [0.29, 0.717) is 18.1 Å². The fourth-order valence-electron chi connectivity index (χ4n) is 4.82. The van der Waals surface area contributed by atoms with Gasteiger partial charge in [0, 0.05) is 12.0 Å². The number of carbonyl (C=O) groups is 1. The molecule has 178 valence electrons. The van der Waals surface area contributed by atoms with E-state index in [2.05, 4.69) is 15.0 Å². The lowest BCUT2D eigenvalue weighted by atomic mass is 10.0. The van der Waals surface area contributed by atoms with Gasteiger partial charge in [0.25, 0.3) is 5.91 Å². The van der Waals surface area contributed by atoms with E-state index in [1.54, 1.807) is 22.6 Å². The highest BCUT2D eigenvalue weighted by atomic mass is 32.1. The summed E-state index contributed by atoms with van der Waals surface area (Å²) in [6, 6.07) is 17.2. The Kier molecular flexibility index (Phi) is 6.01.